The number of para-hydroxylation sites is 1. The number of thioether (sulfide) groups is 1. The summed E-state index contributed by atoms with van der Waals surface area (Å²) in [4.78, 5) is 27.1. The van der Waals surface area contributed by atoms with E-state index in [0.717, 1.165) is 23.1 Å². The van der Waals surface area contributed by atoms with Crippen molar-refractivity contribution in [1.82, 2.24) is 25.0 Å². The van der Waals surface area contributed by atoms with Gasteiger partial charge in [-0.3, -0.25) is 19.3 Å². The molecule has 140 valence electrons. The average molecular weight is 385 g/mol. The molecule has 0 unspecified atom stereocenters. The minimum absolute atomic E-state index is 0.0746. The second-order valence-corrected chi connectivity index (χ2v) is 6.87. The fourth-order valence-electron chi connectivity index (χ4n) is 2.54. The SMILES string of the molecule is Cc1nn(C)c(C)c1NC(=O)CSc1nnc(-c2ccccc2N)c(=O)[nH]1. The largest absolute Gasteiger partial charge is 0.398 e. The summed E-state index contributed by atoms with van der Waals surface area (Å²) in [5.41, 5.74) is 8.86. The molecule has 0 aliphatic rings. The Morgan fingerprint density at radius 2 is 2.04 bits per heavy atom. The molecule has 0 atom stereocenters. The van der Waals surface area contributed by atoms with Gasteiger partial charge in [0, 0.05) is 18.3 Å². The van der Waals surface area contributed by atoms with E-state index in [9.17, 15) is 9.59 Å². The molecule has 9 nitrogen and oxygen atoms in total. The number of aryl methyl sites for hydroxylation is 2. The first-order chi connectivity index (χ1) is 12.9. The monoisotopic (exact) mass is 385 g/mol. The molecule has 0 aliphatic carbocycles. The Bertz CT molecular complexity index is 1060. The van der Waals surface area contributed by atoms with Crippen LogP contribution in [0.3, 0.4) is 0 Å². The van der Waals surface area contributed by atoms with Crippen molar-refractivity contribution in [3.05, 3.63) is 46.0 Å². The highest BCUT2D eigenvalue weighted by molar-refractivity contribution is 7.99. The topological polar surface area (TPSA) is 132 Å². The van der Waals surface area contributed by atoms with Crippen LogP contribution in [0.1, 0.15) is 11.4 Å². The zero-order valence-corrected chi connectivity index (χ0v) is 15.9. The molecule has 2 aromatic heterocycles. The molecule has 0 bridgehead atoms. The standard InChI is InChI=1S/C17H19N7O2S/c1-9-14(10(2)24(3)23-9)19-13(25)8-27-17-20-16(26)15(21-22-17)11-6-4-5-7-12(11)18/h4-7H,8,18H2,1-3H3,(H,19,25)(H,20,22,26). The van der Waals surface area contributed by atoms with Crippen LogP contribution in [0.5, 0.6) is 0 Å². The molecule has 27 heavy (non-hydrogen) atoms. The summed E-state index contributed by atoms with van der Waals surface area (Å²) in [6.45, 7) is 3.70. The first kappa shape index (κ1) is 18.6. The normalized spacial score (nSPS) is 10.8. The molecule has 0 fully saturated rings. The van der Waals surface area contributed by atoms with Crippen LogP contribution in [0, 0.1) is 13.8 Å². The molecule has 1 amide bonds. The van der Waals surface area contributed by atoms with E-state index in [1.807, 2.05) is 20.9 Å². The van der Waals surface area contributed by atoms with Gasteiger partial charge in [0.05, 0.1) is 22.8 Å². The lowest BCUT2D eigenvalue weighted by Crippen LogP contribution is -2.18. The number of rotatable bonds is 5. The third-order valence-electron chi connectivity index (χ3n) is 4.01. The molecule has 0 radical (unpaired) electrons. The maximum atomic E-state index is 12.3. The number of hydrogen-bond acceptors (Lipinski definition) is 7. The van der Waals surface area contributed by atoms with Crippen molar-refractivity contribution in [1.29, 1.82) is 0 Å². The number of nitrogen functional groups attached to an aromatic ring is 1. The highest BCUT2D eigenvalue weighted by atomic mass is 32.2. The van der Waals surface area contributed by atoms with Crippen LogP contribution in [0.25, 0.3) is 11.3 Å². The Morgan fingerprint density at radius 1 is 1.30 bits per heavy atom. The van der Waals surface area contributed by atoms with Crippen molar-refractivity contribution in [2.24, 2.45) is 7.05 Å². The molecule has 4 N–H and O–H groups in total. The third-order valence-corrected chi connectivity index (χ3v) is 4.87. The van der Waals surface area contributed by atoms with E-state index in [0.29, 0.717) is 16.9 Å². The molecule has 1 aromatic carbocycles. The van der Waals surface area contributed by atoms with Gasteiger partial charge in [0.15, 0.2) is 10.9 Å². The molecule has 0 aliphatic heterocycles. The fourth-order valence-corrected chi connectivity index (χ4v) is 3.14. The Labute approximate surface area is 159 Å². The second kappa shape index (κ2) is 7.62. The fraction of sp³-hybridized carbons (Fsp3) is 0.235. The molecule has 3 rings (SSSR count). The van der Waals surface area contributed by atoms with Gasteiger partial charge in [-0.15, -0.1) is 10.2 Å². The zero-order chi connectivity index (χ0) is 19.6. The number of nitrogens with one attached hydrogen (secondary N) is 2. The number of aromatic nitrogens is 5. The second-order valence-electron chi connectivity index (χ2n) is 5.90. The Morgan fingerprint density at radius 3 is 2.67 bits per heavy atom. The van der Waals surface area contributed by atoms with E-state index < -0.39 is 5.56 Å². The van der Waals surface area contributed by atoms with Crippen LogP contribution < -0.4 is 16.6 Å². The molecular formula is C17H19N7O2S. The number of H-pyrrole nitrogens is 1. The smallest absolute Gasteiger partial charge is 0.278 e. The molecule has 3 aromatic rings. The summed E-state index contributed by atoms with van der Waals surface area (Å²) in [5.74, 6) is -0.149. The van der Waals surface area contributed by atoms with Crippen molar-refractivity contribution in [3.63, 3.8) is 0 Å². The van der Waals surface area contributed by atoms with Crippen LogP contribution in [-0.4, -0.2) is 36.6 Å². The highest BCUT2D eigenvalue weighted by Crippen LogP contribution is 2.21. The van der Waals surface area contributed by atoms with Gasteiger partial charge >= 0.3 is 0 Å². The maximum Gasteiger partial charge on any atom is 0.278 e. The summed E-state index contributed by atoms with van der Waals surface area (Å²) in [6, 6.07) is 6.93. The van der Waals surface area contributed by atoms with Crippen LogP contribution in [0.2, 0.25) is 0 Å². The van der Waals surface area contributed by atoms with Gasteiger partial charge in [-0.25, -0.2) is 0 Å². The lowest BCUT2D eigenvalue weighted by molar-refractivity contribution is -0.113. The van der Waals surface area contributed by atoms with Crippen LogP contribution in [0.4, 0.5) is 11.4 Å². The van der Waals surface area contributed by atoms with Crippen molar-refractivity contribution < 1.29 is 4.79 Å². The Balaban J connectivity index is 1.68. The van der Waals surface area contributed by atoms with Gasteiger partial charge in [-0.1, -0.05) is 30.0 Å². The summed E-state index contributed by atoms with van der Waals surface area (Å²) < 4.78 is 1.70. The lowest BCUT2D eigenvalue weighted by Gasteiger charge is -2.06. The highest BCUT2D eigenvalue weighted by Gasteiger charge is 2.14. The number of carbonyl (C=O) groups is 1. The van der Waals surface area contributed by atoms with Crippen molar-refractivity contribution >= 4 is 29.0 Å². The minimum atomic E-state index is -0.412. The third kappa shape index (κ3) is 4.00. The van der Waals surface area contributed by atoms with Gasteiger partial charge in [0.25, 0.3) is 5.56 Å². The first-order valence-corrected chi connectivity index (χ1v) is 9.10. The van der Waals surface area contributed by atoms with E-state index in [4.69, 9.17) is 5.73 Å². The van der Waals surface area contributed by atoms with Gasteiger partial charge in [0.2, 0.25) is 5.91 Å². The number of anilines is 2. The first-order valence-electron chi connectivity index (χ1n) is 8.11. The zero-order valence-electron chi connectivity index (χ0n) is 15.1. The predicted molar refractivity (Wildman–Crippen MR) is 105 cm³/mol. The summed E-state index contributed by atoms with van der Waals surface area (Å²) >= 11 is 1.09. The van der Waals surface area contributed by atoms with E-state index in [1.165, 1.54) is 0 Å². The van der Waals surface area contributed by atoms with Gasteiger partial charge in [-0.2, -0.15) is 5.10 Å². The molecule has 0 saturated carbocycles. The Kier molecular flexibility index (Phi) is 5.26. The number of nitrogens with zero attached hydrogens (tertiary/aromatic N) is 4. The lowest BCUT2D eigenvalue weighted by atomic mass is 10.1. The maximum absolute atomic E-state index is 12.3. The van der Waals surface area contributed by atoms with Gasteiger partial charge in [0.1, 0.15) is 0 Å². The number of benzene rings is 1. The quantitative estimate of drug-likeness (QED) is 0.448. The van der Waals surface area contributed by atoms with E-state index in [1.54, 1.807) is 28.9 Å². The predicted octanol–water partition coefficient (Wildman–Crippen LogP) is 1.50. The summed E-state index contributed by atoms with van der Waals surface area (Å²) in [5, 5.41) is 15.3. The molecule has 10 heteroatoms. The number of hydrogen-bond donors (Lipinski definition) is 3. The Hall–Kier alpha value is -3.14. The van der Waals surface area contributed by atoms with E-state index in [2.05, 4.69) is 25.6 Å². The molecule has 0 spiro atoms. The number of aromatic amines is 1. The van der Waals surface area contributed by atoms with E-state index in [-0.39, 0.29) is 22.5 Å². The van der Waals surface area contributed by atoms with Crippen LogP contribution in [-0.2, 0) is 11.8 Å². The molecule has 2 heterocycles. The average Bonchev–Trinajstić information content (AvgIpc) is 2.87. The molecular weight excluding hydrogens is 366 g/mol. The van der Waals surface area contributed by atoms with Crippen molar-refractivity contribution in [2.75, 3.05) is 16.8 Å². The van der Waals surface area contributed by atoms with Crippen LogP contribution >= 0.6 is 11.8 Å². The van der Waals surface area contributed by atoms with Crippen molar-refractivity contribution in [3.8, 4) is 11.3 Å². The van der Waals surface area contributed by atoms with Crippen LogP contribution in [0.15, 0.2) is 34.2 Å². The number of carbonyl (C=O) groups excluding carboxylic acids is 1. The minimum Gasteiger partial charge on any atom is -0.398 e. The molecule has 0 saturated heterocycles. The van der Waals surface area contributed by atoms with E-state index >= 15 is 0 Å². The number of nitrogens with two attached hydrogens (primary N) is 1. The van der Waals surface area contributed by atoms with Gasteiger partial charge in [-0.05, 0) is 19.9 Å². The van der Waals surface area contributed by atoms with Gasteiger partial charge < -0.3 is 11.1 Å². The number of amides is 1. The summed E-state index contributed by atoms with van der Waals surface area (Å²) in [6.07, 6.45) is 0. The van der Waals surface area contributed by atoms with Crippen molar-refractivity contribution in [2.45, 2.75) is 19.0 Å². The summed E-state index contributed by atoms with van der Waals surface area (Å²) in [7, 11) is 1.81.